The first-order valence-electron chi connectivity index (χ1n) is 10.6. The van der Waals surface area contributed by atoms with Gasteiger partial charge in [0.05, 0.1) is 5.56 Å². The number of rotatable bonds is 6. The average Bonchev–Trinajstić information content (AvgIpc) is 3.05. The zero-order valence-corrected chi connectivity index (χ0v) is 16.7. The van der Waals surface area contributed by atoms with Gasteiger partial charge in [0.25, 0.3) is 5.91 Å². The molecule has 0 spiro atoms. The van der Waals surface area contributed by atoms with E-state index in [4.69, 9.17) is 9.26 Å². The van der Waals surface area contributed by atoms with Crippen LogP contribution in [-0.4, -0.2) is 17.6 Å². The van der Waals surface area contributed by atoms with Crippen LogP contribution in [0.3, 0.4) is 0 Å². The molecule has 4 saturated carbocycles. The lowest BCUT2D eigenvalue weighted by Crippen LogP contribution is -2.51. The van der Waals surface area contributed by atoms with Crippen LogP contribution in [0.4, 0.5) is 4.39 Å². The van der Waals surface area contributed by atoms with Crippen LogP contribution in [-0.2, 0) is 6.61 Å². The number of amides is 1. The molecule has 5 nitrogen and oxygen atoms in total. The molecule has 0 saturated heterocycles. The fourth-order valence-corrected chi connectivity index (χ4v) is 6.28. The van der Waals surface area contributed by atoms with E-state index in [-0.39, 0.29) is 29.4 Å². The molecule has 2 aromatic rings. The van der Waals surface area contributed by atoms with Gasteiger partial charge in [0.15, 0.2) is 5.69 Å². The Labute approximate surface area is 170 Å². The minimum atomic E-state index is -0.316. The van der Waals surface area contributed by atoms with Crippen LogP contribution in [0, 0.1) is 35.9 Å². The zero-order chi connectivity index (χ0) is 20.0. The van der Waals surface area contributed by atoms with E-state index in [9.17, 15) is 9.18 Å². The smallest absolute Gasteiger partial charge is 0.273 e. The van der Waals surface area contributed by atoms with E-state index in [0.29, 0.717) is 17.1 Å². The zero-order valence-electron chi connectivity index (χ0n) is 16.7. The van der Waals surface area contributed by atoms with E-state index in [0.717, 1.165) is 24.3 Å². The van der Waals surface area contributed by atoms with Crippen molar-refractivity contribution in [2.45, 2.75) is 52.1 Å². The maximum atomic E-state index is 13.1. The molecule has 4 aliphatic rings. The number of nitrogens with zero attached hydrogens (tertiary/aromatic N) is 1. The lowest BCUT2D eigenvalue weighted by Gasteiger charge is -2.56. The topological polar surface area (TPSA) is 64.4 Å². The average molecular weight is 398 g/mol. The first-order valence-corrected chi connectivity index (χ1v) is 10.6. The van der Waals surface area contributed by atoms with Crippen molar-refractivity contribution in [3.05, 3.63) is 47.1 Å². The highest BCUT2D eigenvalue weighted by molar-refractivity contribution is 5.93. The Morgan fingerprint density at radius 3 is 2.41 bits per heavy atom. The molecule has 1 amide bonds. The van der Waals surface area contributed by atoms with Gasteiger partial charge >= 0.3 is 0 Å². The van der Waals surface area contributed by atoms with E-state index in [1.165, 1.54) is 50.7 Å². The number of benzene rings is 1. The van der Waals surface area contributed by atoms with E-state index in [1.807, 2.05) is 0 Å². The van der Waals surface area contributed by atoms with Crippen LogP contribution < -0.4 is 10.1 Å². The van der Waals surface area contributed by atoms with Crippen LogP contribution in [0.2, 0.25) is 0 Å². The summed E-state index contributed by atoms with van der Waals surface area (Å²) < 4.78 is 24.0. The van der Waals surface area contributed by atoms with Crippen molar-refractivity contribution in [3.63, 3.8) is 0 Å². The fraction of sp³-hybridized carbons (Fsp3) is 0.565. The van der Waals surface area contributed by atoms with Crippen molar-refractivity contribution in [1.82, 2.24) is 10.5 Å². The summed E-state index contributed by atoms with van der Waals surface area (Å²) in [6.45, 7) is 2.65. The fourth-order valence-electron chi connectivity index (χ4n) is 6.28. The molecule has 4 aliphatic carbocycles. The van der Waals surface area contributed by atoms with Gasteiger partial charge in [-0.2, -0.15) is 0 Å². The molecule has 0 unspecified atom stereocenters. The number of carbonyl (C=O) groups is 1. The largest absolute Gasteiger partial charge is 0.489 e. The van der Waals surface area contributed by atoms with Gasteiger partial charge in [-0.05, 0) is 92.9 Å². The summed E-state index contributed by atoms with van der Waals surface area (Å²) in [6.07, 6.45) is 7.91. The first kappa shape index (κ1) is 18.6. The van der Waals surface area contributed by atoms with Crippen LogP contribution in [0.5, 0.6) is 5.75 Å². The lowest BCUT2D eigenvalue weighted by molar-refractivity contribution is -0.0503. The lowest BCUT2D eigenvalue weighted by atomic mass is 9.49. The summed E-state index contributed by atoms with van der Waals surface area (Å²) in [7, 11) is 0. The number of carbonyl (C=O) groups excluding carboxylic acids is 1. The van der Waals surface area contributed by atoms with E-state index < -0.39 is 0 Å². The number of aryl methyl sites for hydroxylation is 1. The molecular formula is C23H27FN2O3. The maximum Gasteiger partial charge on any atom is 0.273 e. The molecular weight excluding hydrogens is 371 g/mol. The van der Waals surface area contributed by atoms with Crippen molar-refractivity contribution >= 4 is 5.91 Å². The maximum absolute atomic E-state index is 13.1. The second kappa shape index (κ2) is 7.15. The van der Waals surface area contributed by atoms with Crippen molar-refractivity contribution in [2.75, 3.05) is 6.54 Å². The van der Waals surface area contributed by atoms with Gasteiger partial charge in [-0.25, -0.2) is 4.39 Å². The highest BCUT2D eigenvalue weighted by atomic mass is 19.1. The van der Waals surface area contributed by atoms with Crippen LogP contribution in [0.15, 0.2) is 28.8 Å². The molecule has 1 N–H and O–H groups in total. The van der Waals surface area contributed by atoms with Crippen molar-refractivity contribution in [1.29, 1.82) is 0 Å². The first-order chi connectivity index (χ1) is 14.0. The summed E-state index contributed by atoms with van der Waals surface area (Å²) >= 11 is 0. The van der Waals surface area contributed by atoms with Gasteiger partial charge in [0.2, 0.25) is 0 Å². The number of ether oxygens (including phenoxy) is 1. The van der Waals surface area contributed by atoms with Gasteiger partial charge in [-0.1, -0.05) is 5.16 Å². The molecule has 0 aliphatic heterocycles. The Bertz CT molecular complexity index is 870. The number of halogens is 1. The molecule has 0 atom stereocenters. The second-order valence-electron chi connectivity index (χ2n) is 9.41. The van der Waals surface area contributed by atoms with Crippen molar-refractivity contribution in [2.24, 2.45) is 23.2 Å². The third-order valence-corrected chi connectivity index (χ3v) is 7.19. The van der Waals surface area contributed by atoms with Crippen molar-refractivity contribution < 1.29 is 18.4 Å². The molecule has 0 radical (unpaired) electrons. The molecule has 6 rings (SSSR count). The van der Waals surface area contributed by atoms with Gasteiger partial charge < -0.3 is 14.6 Å². The van der Waals surface area contributed by atoms with Crippen molar-refractivity contribution in [3.8, 4) is 5.75 Å². The standard InChI is InChI=1S/C23H27FN2O3/c1-14-20(12-28-19-4-2-18(24)3-5-19)21(26-29-14)22(27)25-13-23-9-15-6-16(10-23)8-17(7-15)11-23/h2-5,15-17H,6-13H2,1H3,(H,25,27). The van der Waals surface area contributed by atoms with Gasteiger partial charge in [-0.15, -0.1) is 0 Å². The second-order valence-corrected chi connectivity index (χ2v) is 9.41. The third-order valence-electron chi connectivity index (χ3n) is 7.19. The molecule has 4 fully saturated rings. The van der Waals surface area contributed by atoms with Crippen LogP contribution >= 0.6 is 0 Å². The molecule has 1 aromatic heterocycles. The normalized spacial score (nSPS) is 29.8. The number of aromatic nitrogens is 1. The minimum absolute atomic E-state index is 0.154. The number of hydrogen-bond acceptors (Lipinski definition) is 4. The number of nitrogens with one attached hydrogen (secondary N) is 1. The van der Waals surface area contributed by atoms with Gasteiger partial charge in [0, 0.05) is 6.54 Å². The SMILES string of the molecule is Cc1onc(C(=O)NCC23CC4CC(CC(C4)C2)C3)c1COc1ccc(F)cc1. The Kier molecular flexibility index (Phi) is 4.60. The monoisotopic (exact) mass is 398 g/mol. The Balaban J connectivity index is 1.24. The predicted octanol–water partition coefficient (Wildman–Crippen LogP) is 4.65. The molecule has 29 heavy (non-hydrogen) atoms. The molecule has 154 valence electrons. The summed E-state index contributed by atoms with van der Waals surface area (Å²) in [5.74, 6) is 3.14. The predicted molar refractivity (Wildman–Crippen MR) is 105 cm³/mol. The third kappa shape index (κ3) is 3.65. The summed E-state index contributed by atoms with van der Waals surface area (Å²) in [5.41, 5.74) is 1.19. The molecule has 1 aromatic carbocycles. The van der Waals surface area contributed by atoms with Gasteiger partial charge in [0.1, 0.15) is 23.9 Å². The molecule has 1 heterocycles. The highest BCUT2D eigenvalue weighted by Gasteiger charge is 2.50. The summed E-state index contributed by atoms with van der Waals surface area (Å²) in [5, 5.41) is 7.13. The Hall–Kier alpha value is -2.37. The van der Waals surface area contributed by atoms with E-state index >= 15 is 0 Å². The van der Waals surface area contributed by atoms with E-state index in [2.05, 4.69) is 10.5 Å². The Morgan fingerprint density at radius 1 is 1.17 bits per heavy atom. The number of hydrogen-bond donors (Lipinski definition) is 1. The van der Waals surface area contributed by atoms with Crippen LogP contribution in [0.1, 0.15) is 60.3 Å². The molecule has 6 heteroatoms. The van der Waals surface area contributed by atoms with E-state index in [1.54, 1.807) is 19.1 Å². The highest BCUT2D eigenvalue weighted by Crippen LogP contribution is 2.59. The molecule has 4 bridgehead atoms. The summed E-state index contributed by atoms with van der Waals surface area (Å²) in [4.78, 5) is 12.9. The summed E-state index contributed by atoms with van der Waals surface area (Å²) in [6, 6.07) is 5.81. The van der Waals surface area contributed by atoms with Gasteiger partial charge in [-0.3, -0.25) is 4.79 Å². The van der Waals surface area contributed by atoms with Crippen LogP contribution in [0.25, 0.3) is 0 Å². The quantitative estimate of drug-likeness (QED) is 0.769. The minimum Gasteiger partial charge on any atom is -0.489 e. The Morgan fingerprint density at radius 2 is 1.79 bits per heavy atom.